The molecule has 0 aliphatic heterocycles. The Morgan fingerprint density at radius 2 is 0.824 bits per heavy atom. The molecule has 0 radical (unpaired) electrons. The molecule has 34 heavy (non-hydrogen) atoms. The SMILES string of the molecule is CCCCCCCC/C=C/CO[Si](C)(C)OCCCCCCCCCCCCCCCCCC. The fourth-order valence-electron chi connectivity index (χ4n) is 4.49. The summed E-state index contributed by atoms with van der Waals surface area (Å²) in [6.45, 7) is 10.5. The van der Waals surface area contributed by atoms with Gasteiger partial charge in [-0.15, -0.1) is 0 Å². The van der Waals surface area contributed by atoms with Crippen LogP contribution in [0.2, 0.25) is 13.1 Å². The minimum Gasteiger partial charge on any atom is -0.395 e. The zero-order valence-electron chi connectivity index (χ0n) is 24.1. The van der Waals surface area contributed by atoms with Crippen molar-refractivity contribution in [2.45, 2.75) is 175 Å². The molecule has 0 spiro atoms. The molecule has 0 rings (SSSR count). The van der Waals surface area contributed by atoms with Crippen molar-refractivity contribution in [1.29, 1.82) is 0 Å². The number of hydrogen-bond donors (Lipinski definition) is 0. The Labute approximate surface area is 217 Å². The summed E-state index contributed by atoms with van der Waals surface area (Å²) in [7, 11) is -1.95. The third-order valence-electron chi connectivity index (χ3n) is 6.87. The van der Waals surface area contributed by atoms with E-state index in [1.54, 1.807) is 0 Å². The largest absolute Gasteiger partial charge is 0.395 e. The Morgan fingerprint density at radius 3 is 1.26 bits per heavy atom. The Morgan fingerprint density at radius 1 is 0.441 bits per heavy atom. The van der Waals surface area contributed by atoms with Gasteiger partial charge in [-0.1, -0.05) is 154 Å². The molecule has 0 heterocycles. The van der Waals surface area contributed by atoms with Crippen molar-refractivity contribution >= 4 is 8.56 Å². The smallest absolute Gasteiger partial charge is 0.331 e. The van der Waals surface area contributed by atoms with Crippen molar-refractivity contribution in [3.05, 3.63) is 12.2 Å². The highest BCUT2D eigenvalue weighted by Gasteiger charge is 2.23. The van der Waals surface area contributed by atoms with Crippen LogP contribution in [0.15, 0.2) is 12.2 Å². The van der Waals surface area contributed by atoms with Crippen LogP contribution in [0.4, 0.5) is 0 Å². The zero-order valence-corrected chi connectivity index (χ0v) is 25.1. The molecular formula is C31H64O2Si. The second kappa shape index (κ2) is 27.5. The summed E-state index contributed by atoms with van der Waals surface area (Å²) in [5.74, 6) is 0. The Balaban J connectivity index is 3.32. The van der Waals surface area contributed by atoms with Gasteiger partial charge >= 0.3 is 8.56 Å². The van der Waals surface area contributed by atoms with E-state index in [1.165, 1.54) is 148 Å². The van der Waals surface area contributed by atoms with E-state index in [0.717, 1.165) is 6.61 Å². The van der Waals surface area contributed by atoms with Gasteiger partial charge in [0.1, 0.15) is 0 Å². The maximum absolute atomic E-state index is 6.11. The van der Waals surface area contributed by atoms with Crippen LogP contribution in [0, 0.1) is 0 Å². The molecule has 3 heteroatoms. The standard InChI is InChI=1S/C31H64O2Si/c1-5-7-9-11-13-15-16-17-18-19-20-21-23-25-27-29-31-33-34(3,4)32-30-28-26-24-22-14-12-10-8-6-2/h26,28H,5-25,27,29-31H2,1-4H3/b28-26+. The van der Waals surface area contributed by atoms with E-state index in [4.69, 9.17) is 8.85 Å². The number of unbranched alkanes of at least 4 members (excludes halogenated alkanes) is 21. The molecule has 0 aromatic carbocycles. The average molecular weight is 497 g/mol. The molecule has 0 unspecified atom stereocenters. The van der Waals surface area contributed by atoms with E-state index in [9.17, 15) is 0 Å². The van der Waals surface area contributed by atoms with E-state index in [-0.39, 0.29) is 0 Å². The number of rotatable bonds is 28. The number of hydrogen-bond acceptors (Lipinski definition) is 2. The van der Waals surface area contributed by atoms with E-state index < -0.39 is 8.56 Å². The van der Waals surface area contributed by atoms with E-state index in [0.29, 0.717) is 6.61 Å². The molecule has 0 aromatic heterocycles. The Kier molecular flexibility index (Phi) is 27.4. The van der Waals surface area contributed by atoms with Gasteiger partial charge in [0, 0.05) is 6.61 Å². The fourth-order valence-corrected chi connectivity index (χ4v) is 5.70. The van der Waals surface area contributed by atoms with Crippen LogP contribution in [0.25, 0.3) is 0 Å². The molecule has 0 saturated carbocycles. The summed E-state index contributed by atoms with van der Waals surface area (Å²) in [4.78, 5) is 0. The normalized spacial score (nSPS) is 12.2. The van der Waals surface area contributed by atoms with Gasteiger partial charge in [-0.2, -0.15) is 0 Å². The van der Waals surface area contributed by atoms with Gasteiger partial charge in [0.2, 0.25) is 0 Å². The summed E-state index contributed by atoms with van der Waals surface area (Å²) >= 11 is 0. The molecule has 204 valence electrons. The molecule has 0 saturated heterocycles. The lowest BCUT2D eigenvalue weighted by molar-refractivity contribution is 0.190. The van der Waals surface area contributed by atoms with Gasteiger partial charge in [0.05, 0.1) is 6.61 Å². The lowest BCUT2D eigenvalue weighted by Gasteiger charge is -2.22. The molecule has 0 aliphatic rings. The third-order valence-corrected chi connectivity index (χ3v) is 8.63. The molecule has 0 bridgehead atoms. The highest BCUT2D eigenvalue weighted by molar-refractivity contribution is 6.64. The summed E-state index contributed by atoms with van der Waals surface area (Å²) in [6, 6.07) is 0. The molecule has 0 fully saturated rings. The zero-order chi connectivity index (χ0) is 25.0. The van der Waals surface area contributed by atoms with Crippen LogP contribution < -0.4 is 0 Å². The monoisotopic (exact) mass is 496 g/mol. The van der Waals surface area contributed by atoms with Crippen molar-refractivity contribution in [2.75, 3.05) is 13.2 Å². The predicted octanol–water partition coefficient (Wildman–Crippen LogP) is 11.3. The first-order valence-corrected chi connectivity index (χ1v) is 18.4. The molecule has 0 aliphatic carbocycles. The fraction of sp³-hybridized carbons (Fsp3) is 0.935. The van der Waals surface area contributed by atoms with Crippen molar-refractivity contribution in [3.63, 3.8) is 0 Å². The lowest BCUT2D eigenvalue weighted by atomic mass is 10.0. The second-order valence-electron chi connectivity index (χ2n) is 10.9. The summed E-state index contributed by atoms with van der Waals surface area (Å²) in [5, 5.41) is 0. The first kappa shape index (κ1) is 33.9. The number of allylic oxidation sites excluding steroid dienone is 1. The Hall–Kier alpha value is -0.123. The predicted molar refractivity (Wildman–Crippen MR) is 156 cm³/mol. The second-order valence-corrected chi connectivity index (χ2v) is 14.3. The highest BCUT2D eigenvalue weighted by atomic mass is 28.4. The van der Waals surface area contributed by atoms with Crippen LogP contribution in [0.3, 0.4) is 0 Å². The summed E-state index contributed by atoms with van der Waals surface area (Å²) in [5.41, 5.74) is 0. The minimum absolute atomic E-state index is 0.716. The van der Waals surface area contributed by atoms with Crippen molar-refractivity contribution in [2.24, 2.45) is 0 Å². The van der Waals surface area contributed by atoms with Crippen LogP contribution in [0.5, 0.6) is 0 Å². The maximum atomic E-state index is 6.11. The van der Waals surface area contributed by atoms with Gasteiger partial charge in [-0.3, -0.25) is 0 Å². The molecule has 0 aromatic rings. The Bertz CT molecular complexity index is 408. The average Bonchev–Trinajstić information content (AvgIpc) is 2.82. The topological polar surface area (TPSA) is 18.5 Å². The van der Waals surface area contributed by atoms with Gasteiger partial charge in [-0.05, 0) is 32.4 Å². The molecule has 0 amide bonds. The highest BCUT2D eigenvalue weighted by Crippen LogP contribution is 2.14. The van der Waals surface area contributed by atoms with E-state index in [2.05, 4.69) is 39.1 Å². The van der Waals surface area contributed by atoms with Gasteiger partial charge in [0.25, 0.3) is 0 Å². The van der Waals surface area contributed by atoms with E-state index >= 15 is 0 Å². The summed E-state index contributed by atoms with van der Waals surface area (Å²) < 4.78 is 12.2. The molecule has 0 atom stereocenters. The first-order chi connectivity index (χ1) is 16.6. The summed E-state index contributed by atoms with van der Waals surface area (Å²) in [6.07, 6.45) is 36.5. The van der Waals surface area contributed by atoms with Gasteiger partial charge in [0.15, 0.2) is 0 Å². The minimum atomic E-state index is -1.95. The van der Waals surface area contributed by atoms with Crippen molar-refractivity contribution in [1.82, 2.24) is 0 Å². The third kappa shape index (κ3) is 28.1. The first-order valence-electron chi connectivity index (χ1n) is 15.5. The van der Waals surface area contributed by atoms with E-state index in [1.807, 2.05) is 0 Å². The van der Waals surface area contributed by atoms with Crippen LogP contribution >= 0.6 is 0 Å². The van der Waals surface area contributed by atoms with Crippen LogP contribution in [-0.2, 0) is 8.85 Å². The quantitative estimate of drug-likeness (QED) is 0.0609. The van der Waals surface area contributed by atoms with Gasteiger partial charge in [-0.25, -0.2) is 0 Å². The maximum Gasteiger partial charge on any atom is 0.331 e. The van der Waals surface area contributed by atoms with Crippen molar-refractivity contribution in [3.8, 4) is 0 Å². The molecule has 2 nitrogen and oxygen atoms in total. The molecule has 0 N–H and O–H groups in total. The lowest BCUT2D eigenvalue weighted by Crippen LogP contribution is -2.35. The van der Waals surface area contributed by atoms with Crippen LogP contribution in [-0.4, -0.2) is 21.8 Å². The van der Waals surface area contributed by atoms with Crippen LogP contribution in [0.1, 0.15) is 162 Å². The van der Waals surface area contributed by atoms with Gasteiger partial charge < -0.3 is 8.85 Å². The van der Waals surface area contributed by atoms with Crippen molar-refractivity contribution < 1.29 is 8.85 Å². The molecular weight excluding hydrogens is 432 g/mol.